The lowest BCUT2D eigenvalue weighted by molar-refractivity contribution is -0.137. The van der Waals surface area contributed by atoms with Crippen molar-refractivity contribution in [3.63, 3.8) is 0 Å². The van der Waals surface area contributed by atoms with Crippen LogP contribution in [0.2, 0.25) is 0 Å². The number of hydrogen-bond donors (Lipinski definition) is 1. The van der Waals surface area contributed by atoms with E-state index in [2.05, 4.69) is 20.0 Å². The summed E-state index contributed by atoms with van der Waals surface area (Å²) in [5, 5.41) is 12.7. The summed E-state index contributed by atoms with van der Waals surface area (Å²) in [6, 6.07) is 15.0. The zero-order chi connectivity index (χ0) is 22.2. The maximum Gasteiger partial charge on any atom is 0.416 e. The van der Waals surface area contributed by atoms with Crippen molar-refractivity contribution in [2.45, 2.75) is 12.6 Å². The van der Waals surface area contributed by atoms with Gasteiger partial charge in [-0.1, -0.05) is 24.3 Å². The minimum absolute atomic E-state index is 0.257. The molecule has 0 aliphatic heterocycles. The number of benzene rings is 2. The number of nitrogens with zero attached hydrogens (tertiary/aromatic N) is 4. The summed E-state index contributed by atoms with van der Waals surface area (Å²) in [5.74, 6) is 0.479. The molecule has 1 N–H and O–H groups in total. The molecular formula is C20H16F3N5O2S. The van der Waals surface area contributed by atoms with E-state index in [9.17, 15) is 21.6 Å². The van der Waals surface area contributed by atoms with Crippen LogP contribution in [0, 0.1) is 0 Å². The van der Waals surface area contributed by atoms with Crippen LogP contribution in [0.25, 0.3) is 16.9 Å². The van der Waals surface area contributed by atoms with Gasteiger partial charge in [-0.25, -0.2) is 8.42 Å². The Morgan fingerprint density at radius 3 is 2.23 bits per heavy atom. The highest BCUT2D eigenvalue weighted by Gasteiger charge is 2.30. The van der Waals surface area contributed by atoms with E-state index in [1.165, 1.54) is 16.6 Å². The third-order valence-electron chi connectivity index (χ3n) is 4.45. The fourth-order valence-corrected chi connectivity index (χ4v) is 3.58. The SMILES string of the molecule is CS(=O)(=O)Nc1ccc(-c2ccc3nnc(Cc4ccc(C(F)(F)F)cc4)n3n2)cc1. The Morgan fingerprint density at radius 1 is 0.935 bits per heavy atom. The van der Waals surface area contributed by atoms with Crippen LogP contribution in [0.5, 0.6) is 0 Å². The molecule has 0 radical (unpaired) electrons. The van der Waals surface area contributed by atoms with E-state index < -0.39 is 21.8 Å². The monoisotopic (exact) mass is 447 g/mol. The van der Waals surface area contributed by atoms with Crippen molar-refractivity contribution in [2.24, 2.45) is 0 Å². The van der Waals surface area contributed by atoms with Crippen LogP contribution in [0.1, 0.15) is 17.0 Å². The van der Waals surface area contributed by atoms with Crippen LogP contribution in [-0.4, -0.2) is 34.5 Å². The van der Waals surface area contributed by atoms with Gasteiger partial charge in [0.05, 0.1) is 17.5 Å². The normalized spacial score (nSPS) is 12.3. The highest BCUT2D eigenvalue weighted by Crippen LogP contribution is 2.29. The van der Waals surface area contributed by atoms with Crippen molar-refractivity contribution in [1.82, 2.24) is 19.8 Å². The van der Waals surface area contributed by atoms with Crippen LogP contribution in [0.3, 0.4) is 0 Å². The number of halogens is 3. The first kappa shape index (κ1) is 20.8. The average Bonchev–Trinajstić information content (AvgIpc) is 3.09. The van der Waals surface area contributed by atoms with E-state index in [1.807, 2.05) is 0 Å². The fourth-order valence-electron chi connectivity index (χ4n) is 3.01. The average molecular weight is 447 g/mol. The first-order valence-electron chi connectivity index (χ1n) is 9.04. The van der Waals surface area contributed by atoms with Crippen LogP contribution in [-0.2, 0) is 22.6 Å². The molecule has 4 aromatic rings. The number of nitrogens with one attached hydrogen (secondary N) is 1. The minimum Gasteiger partial charge on any atom is -0.284 e. The Balaban J connectivity index is 1.60. The summed E-state index contributed by atoms with van der Waals surface area (Å²) in [4.78, 5) is 0. The summed E-state index contributed by atoms with van der Waals surface area (Å²) in [6.07, 6.45) is -3.06. The lowest BCUT2D eigenvalue weighted by atomic mass is 10.1. The van der Waals surface area contributed by atoms with Gasteiger partial charge in [-0.05, 0) is 42.0 Å². The number of sulfonamides is 1. The van der Waals surface area contributed by atoms with Gasteiger partial charge in [0.1, 0.15) is 0 Å². The molecule has 0 atom stereocenters. The molecule has 7 nitrogen and oxygen atoms in total. The molecule has 0 saturated heterocycles. The second kappa shape index (κ2) is 7.65. The lowest BCUT2D eigenvalue weighted by Gasteiger charge is -2.08. The quantitative estimate of drug-likeness (QED) is 0.503. The highest BCUT2D eigenvalue weighted by atomic mass is 32.2. The zero-order valence-corrected chi connectivity index (χ0v) is 16.9. The summed E-state index contributed by atoms with van der Waals surface area (Å²) < 4.78 is 64.8. The Hall–Kier alpha value is -3.47. The number of aromatic nitrogens is 4. The number of rotatable bonds is 5. The third-order valence-corrected chi connectivity index (χ3v) is 5.06. The van der Waals surface area contributed by atoms with Crippen molar-refractivity contribution in [3.05, 3.63) is 77.6 Å². The van der Waals surface area contributed by atoms with E-state index in [1.54, 1.807) is 36.4 Å². The van der Waals surface area contributed by atoms with Crippen molar-refractivity contribution < 1.29 is 21.6 Å². The summed E-state index contributed by atoms with van der Waals surface area (Å²) in [7, 11) is -3.37. The second-order valence-corrected chi connectivity index (χ2v) is 8.68. The standard InChI is InChI=1S/C20H16F3N5O2S/c1-31(29,30)27-16-8-4-14(5-9-16)17-10-11-18-24-25-19(28(18)26-17)12-13-2-6-15(7-3-13)20(21,22)23/h2-11,27H,12H2,1H3. The summed E-state index contributed by atoms with van der Waals surface area (Å²) in [5.41, 5.74) is 2.21. The number of hydrogen-bond acceptors (Lipinski definition) is 5. The van der Waals surface area contributed by atoms with Gasteiger partial charge in [0.15, 0.2) is 11.5 Å². The fraction of sp³-hybridized carbons (Fsp3) is 0.150. The highest BCUT2D eigenvalue weighted by molar-refractivity contribution is 7.92. The zero-order valence-electron chi connectivity index (χ0n) is 16.1. The Morgan fingerprint density at radius 2 is 1.61 bits per heavy atom. The van der Waals surface area contributed by atoms with Gasteiger partial charge in [0.2, 0.25) is 10.0 Å². The molecule has 2 aromatic carbocycles. The smallest absolute Gasteiger partial charge is 0.284 e. The van der Waals surface area contributed by atoms with Crippen molar-refractivity contribution >= 4 is 21.4 Å². The molecule has 160 valence electrons. The predicted octanol–water partition coefficient (Wildman–Crippen LogP) is 3.77. The molecule has 4 rings (SSSR count). The molecule has 31 heavy (non-hydrogen) atoms. The first-order chi connectivity index (χ1) is 14.6. The molecule has 0 bridgehead atoms. The second-order valence-electron chi connectivity index (χ2n) is 6.93. The number of alkyl halides is 3. The maximum absolute atomic E-state index is 12.7. The number of anilines is 1. The molecule has 0 aliphatic carbocycles. The third kappa shape index (κ3) is 4.82. The van der Waals surface area contributed by atoms with Crippen LogP contribution >= 0.6 is 0 Å². The van der Waals surface area contributed by atoms with E-state index in [0.717, 1.165) is 24.0 Å². The van der Waals surface area contributed by atoms with E-state index in [0.29, 0.717) is 28.4 Å². The van der Waals surface area contributed by atoms with E-state index >= 15 is 0 Å². The maximum atomic E-state index is 12.7. The van der Waals surface area contributed by atoms with Gasteiger partial charge in [0, 0.05) is 17.7 Å². The largest absolute Gasteiger partial charge is 0.416 e. The van der Waals surface area contributed by atoms with Gasteiger partial charge < -0.3 is 0 Å². The Bertz CT molecular complexity index is 1330. The van der Waals surface area contributed by atoms with Crippen LogP contribution in [0.15, 0.2) is 60.7 Å². The minimum atomic E-state index is -4.39. The number of fused-ring (bicyclic) bond motifs is 1. The van der Waals surface area contributed by atoms with Crippen LogP contribution in [0.4, 0.5) is 18.9 Å². The molecule has 2 aromatic heterocycles. The Kier molecular flexibility index (Phi) is 5.13. The predicted molar refractivity (Wildman–Crippen MR) is 109 cm³/mol. The lowest BCUT2D eigenvalue weighted by Crippen LogP contribution is -2.09. The molecule has 0 spiro atoms. The molecule has 2 heterocycles. The first-order valence-corrected chi connectivity index (χ1v) is 10.9. The van der Waals surface area contributed by atoms with E-state index in [4.69, 9.17) is 0 Å². The van der Waals surface area contributed by atoms with Gasteiger partial charge in [-0.15, -0.1) is 10.2 Å². The molecule has 11 heteroatoms. The molecule has 0 amide bonds. The Labute approximate surface area is 175 Å². The topological polar surface area (TPSA) is 89.2 Å². The molecule has 0 aliphatic rings. The van der Waals surface area contributed by atoms with Gasteiger partial charge >= 0.3 is 6.18 Å². The summed E-state index contributed by atoms with van der Waals surface area (Å²) >= 11 is 0. The molecule has 0 saturated carbocycles. The van der Waals surface area contributed by atoms with Gasteiger partial charge in [0.25, 0.3) is 0 Å². The molecule has 0 unspecified atom stereocenters. The van der Waals surface area contributed by atoms with Crippen molar-refractivity contribution in [3.8, 4) is 11.3 Å². The summed E-state index contributed by atoms with van der Waals surface area (Å²) in [6.45, 7) is 0. The van der Waals surface area contributed by atoms with Crippen molar-refractivity contribution in [2.75, 3.05) is 11.0 Å². The van der Waals surface area contributed by atoms with Gasteiger partial charge in [-0.3, -0.25) is 4.72 Å². The van der Waals surface area contributed by atoms with Crippen LogP contribution < -0.4 is 4.72 Å². The molecule has 0 fully saturated rings. The van der Waals surface area contributed by atoms with Crippen molar-refractivity contribution in [1.29, 1.82) is 0 Å². The van der Waals surface area contributed by atoms with E-state index in [-0.39, 0.29) is 6.42 Å². The molecular weight excluding hydrogens is 431 g/mol. The van der Waals surface area contributed by atoms with Gasteiger partial charge in [-0.2, -0.15) is 22.8 Å².